The zero-order chi connectivity index (χ0) is 16.9. The van der Waals surface area contributed by atoms with Crippen molar-refractivity contribution >= 4 is 17.4 Å². The van der Waals surface area contributed by atoms with Crippen LogP contribution >= 0.6 is 0 Å². The highest BCUT2D eigenvalue weighted by Crippen LogP contribution is 2.33. The summed E-state index contributed by atoms with van der Waals surface area (Å²) < 4.78 is 5.48. The van der Waals surface area contributed by atoms with Gasteiger partial charge in [-0.2, -0.15) is 0 Å². The molecule has 6 heteroatoms. The number of fused-ring (bicyclic) bond motifs is 1. The van der Waals surface area contributed by atoms with Crippen molar-refractivity contribution in [1.29, 1.82) is 0 Å². The van der Waals surface area contributed by atoms with Crippen LogP contribution in [0.25, 0.3) is 0 Å². The van der Waals surface area contributed by atoms with E-state index in [9.17, 15) is 0 Å². The lowest BCUT2D eigenvalue weighted by molar-refractivity contribution is 0.389. The Bertz CT molecular complexity index is 695. The number of aliphatic imine (C=N–C) groups is 1. The van der Waals surface area contributed by atoms with Gasteiger partial charge in [-0.1, -0.05) is 6.07 Å². The molecule has 0 spiro atoms. The Labute approximate surface area is 143 Å². The van der Waals surface area contributed by atoms with Crippen LogP contribution in [0.5, 0.6) is 0 Å². The summed E-state index contributed by atoms with van der Waals surface area (Å²) in [7, 11) is 1.68. The lowest BCUT2D eigenvalue weighted by Crippen LogP contribution is -2.32. The number of hydrogen-bond acceptors (Lipinski definition) is 4. The molecule has 1 aromatic carbocycles. The Morgan fingerprint density at radius 3 is 2.96 bits per heavy atom. The molecular weight excluding hydrogens is 302 g/mol. The number of imidazole rings is 1. The molecule has 24 heavy (non-hydrogen) atoms. The molecule has 2 heterocycles. The molecule has 0 bridgehead atoms. The fourth-order valence-corrected chi connectivity index (χ4v) is 3.17. The predicted molar refractivity (Wildman–Crippen MR) is 97.8 cm³/mol. The molecule has 0 atom stereocenters. The van der Waals surface area contributed by atoms with Crippen LogP contribution in [-0.4, -0.2) is 42.7 Å². The second-order valence-corrected chi connectivity index (χ2v) is 5.77. The molecule has 1 aromatic heterocycles. The molecule has 0 saturated carbocycles. The fraction of sp³-hybridized carbons (Fsp3) is 0.444. The van der Waals surface area contributed by atoms with Crippen molar-refractivity contribution in [2.45, 2.75) is 26.8 Å². The van der Waals surface area contributed by atoms with Crippen LogP contribution in [0.15, 0.2) is 35.7 Å². The first kappa shape index (κ1) is 16.4. The van der Waals surface area contributed by atoms with E-state index in [2.05, 4.69) is 49.9 Å². The van der Waals surface area contributed by atoms with Gasteiger partial charge >= 0.3 is 0 Å². The van der Waals surface area contributed by atoms with E-state index in [0.29, 0.717) is 12.6 Å². The number of benzene rings is 1. The van der Waals surface area contributed by atoms with Gasteiger partial charge in [0, 0.05) is 37.2 Å². The Balaban J connectivity index is 1.88. The van der Waals surface area contributed by atoms with Crippen LogP contribution in [0.4, 0.5) is 11.4 Å². The van der Waals surface area contributed by atoms with Gasteiger partial charge in [0.05, 0.1) is 25.7 Å². The van der Waals surface area contributed by atoms with Gasteiger partial charge in [-0.25, -0.2) is 9.98 Å². The van der Waals surface area contributed by atoms with Gasteiger partial charge in [0.2, 0.25) is 0 Å². The first-order valence-corrected chi connectivity index (χ1v) is 8.47. The van der Waals surface area contributed by atoms with Gasteiger partial charge < -0.3 is 14.6 Å². The molecule has 2 aromatic rings. The monoisotopic (exact) mass is 327 g/mol. The molecule has 0 aliphatic carbocycles. The van der Waals surface area contributed by atoms with Gasteiger partial charge in [-0.3, -0.25) is 4.90 Å². The van der Waals surface area contributed by atoms with E-state index in [1.165, 1.54) is 11.3 Å². The van der Waals surface area contributed by atoms with Gasteiger partial charge in [-0.15, -0.1) is 0 Å². The zero-order valence-corrected chi connectivity index (χ0v) is 14.6. The maximum absolute atomic E-state index is 5.48. The number of rotatable bonds is 5. The molecule has 0 fully saturated rings. The topological polar surface area (TPSA) is 56.8 Å². The molecule has 0 unspecified atom stereocenters. The van der Waals surface area contributed by atoms with Crippen LogP contribution in [0, 0.1) is 0 Å². The molecule has 0 saturated heterocycles. The third kappa shape index (κ3) is 3.22. The summed E-state index contributed by atoms with van der Waals surface area (Å²) in [6, 6.07) is 7.29. The minimum Gasteiger partial charge on any atom is -0.468 e. The minimum atomic E-state index is 0.665. The van der Waals surface area contributed by atoms with E-state index in [1.807, 2.05) is 13.1 Å². The maximum Gasteiger partial charge on any atom is 0.291 e. The number of ether oxygens (including phenoxy) is 1. The van der Waals surface area contributed by atoms with Crippen molar-refractivity contribution in [2.75, 3.05) is 36.5 Å². The number of aromatic amines is 1. The van der Waals surface area contributed by atoms with Crippen molar-refractivity contribution in [3.63, 3.8) is 0 Å². The summed E-state index contributed by atoms with van der Waals surface area (Å²) >= 11 is 0. The SMILES string of the molecule is CCN=C(OC)N(CC)c1ccc2c(c1)N(Cc1cnc[nH]1)CC2. The quantitative estimate of drug-likeness (QED) is 0.678. The zero-order valence-electron chi connectivity index (χ0n) is 14.6. The largest absolute Gasteiger partial charge is 0.468 e. The number of H-pyrrole nitrogens is 1. The molecular formula is C18H25N5O. The standard InChI is InChI=1S/C18H25N5O/c1-4-20-18(24-3)23(5-2)16-7-6-14-8-9-22(17(14)10-16)12-15-11-19-13-21-15/h6-7,10-11,13H,4-5,8-9,12H2,1-3H3,(H,19,21). The summed E-state index contributed by atoms with van der Waals surface area (Å²) in [6.07, 6.45) is 4.70. The van der Waals surface area contributed by atoms with Crippen LogP contribution in [0.3, 0.4) is 0 Å². The van der Waals surface area contributed by atoms with E-state index in [-0.39, 0.29) is 0 Å². The molecule has 3 rings (SSSR count). The number of aromatic nitrogens is 2. The predicted octanol–water partition coefficient (Wildman–Crippen LogP) is 2.82. The van der Waals surface area contributed by atoms with Gasteiger partial charge in [-0.05, 0) is 38.0 Å². The van der Waals surface area contributed by atoms with E-state index in [1.54, 1.807) is 13.4 Å². The number of methoxy groups -OCH3 is 1. The molecule has 1 aliphatic rings. The van der Waals surface area contributed by atoms with Crippen molar-refractivity contribution in [3.8, 4) is 0 Å². The number of nitrogens with zero attached hydrogens (tertiary/aromatic N) is 4. The van der Waals surface area contributed by atoms with Crippen molar-refractivity contribution < 1.29 is 4.74 Å². The van der Waals surface area contributed by atoms with Crippen molar-refractivity contribution in [2.24, 2.45) is 4.99 Å². The highest BCUT2D eigenvalue weighted by Gasteiger charge is 2.22. The smallest absolute Gasteiger partial charge is 0.291 e. The fourth-order valence-electron chi connectivity index (χ4n) is 3.17. The average Bonchev–Trinajstić information content (AvgIpc) is 3.25. The van der Waals surface area contributed by atoms with Gasteiger partial charge in [0.25, 0.3) is 6.02 Å². The summed E-state index contributed by atoms with van der Waals surface area (Å²) in [5.74, 6) is 0. The third-order valence-electron chi connectivity index (χ3n) is 4.31. The van der Waals surface area contributed by atoms with Crippen LogP contribution in [0.2, 0.25) is 0 Å². The average molecular weight is 327 g/mol. The number of hydrogen-bond donors (Lipinski definition) is 1. The van der Waals surface area contributed by atoms with Gasteiger partial charge in [0.15, 0.2) is 0 Å². The molecule has 1 N–H and O–H groups in total. The third-order valence-corrected chi connectivity index (χ3v) is 4.31. The summed E-state index contributed by atoms with van der Waals surface area (Å²) in [4.78, 5) is 16.3. The second-order valence-electron chi connectivity index (χ2n) is 5.77. The Morgan fingerprint density at radius 2 is 2.29 bits per heavy atom. The molecule has 0 radical (unpaired) electrons. The lowest BCUT2D eigenvalue weighted by atomic mass is 10.1. The summed E-state index contributed by atoms with van der Waals surface area (Å²) in [5, 5.41) is 0. The first-order valence-electron chi connectivity index (χ1n) is 8.47. The van der Waals surface area contributed by atoms with Crippen molar-refractivity contribution in [3.05, 3.63) is 42.0 Å². The summed E-state index contributed by atoms with van der Waals surface area (Å²) in [6.45, 7) is 7.52. The second kappa shape index (κ2) is 7.38. The molecule has 128 valence electrons. The number of amidine groups is 1. The lowest BCUT2D eigenvalue weighted by Gasteiger charge is -2.25. The van der Waals surface area contributed by atoms with Crippen LogP contribution in [0.1, 0.15) is 25.1 Å². The van der Waals surface area contributed by atoms with Gasteiger partial charge in [0.1, 0.15) is 0 Å². The highest BCUT2D eigenvalue weighted by atomic mass is 16.5. The maximum atomic E-state index is 5.48. The molecule has 0 amide bonds. The highest BCUT2D eigenvalue weighted by molar-refractivity contribution is 5.92. The minimum absolute atomic E-state index is 0.665. The molecule has 6 nitrogen and oxygen atoms in total. The molecule has 1 aliphatic heterocycles. The van der Waals surface area contributed by atoms with Crippen molar-refractivity contribution in [1.82, 2.24) is 9.97 Å². The Hall–Kier alpha value is -2.50. The Morgan fingerprint density at radius 1 is 1.42 bits per heavy atom. The van der Waals surface area contributed by atoms with E-state index in [0.717, 1.165) is 37.4 Å². The number of anilines is 2. The first-order chi connectivity index (χ1) is 11.8. The van der Waals surface area contributed by atoms with E-state index < -0.39 is 0 Å². The van der Waals surface area contributed by atoms with E-state index >= 15 is 0 Å². The Kier molecular flexibility index (Phi) is 5.03. The van der Waals surface area contributed by atoms with Crippen LogP contribution in [-0.2, 0) is 17.7 Å². The van der Waals surface area contributed by atoms with E-state index in [4.69, 9.17) is 4.74 Å². The van der Waals surface area contributed by atoms with Crippen LogP contribution < -0.4 is 9.80 Å². The number of nitrogens with one attached hydrogen (secondary N) is 1. The normalized spacial score (nSPS) is 14.0. The summed E-state index contributed by atoms with van der Waals surface area (Å²) in [5.41, 5.74) is 4.92.